The first-order valence-corrected chi connectivity index (χ1v) is 11.0. The first-order valence-electron chi connectivity index (χ1n) is 9.29. The summed E-state index contributed by atoms with van der Waals surface area (Å²) >= 11 is 0. The normalized spacial score (nSPS) is 19.2. The highest BCUT2D eigenvalue weighted by atomic mass is 32.2. The van der Waals surface area contributed by atoms with E-state index in [0.29, 0.717) is 6.42 Å². The number of nitrogens with one attached hydrogen (secondary N) is 1. The molecular weight excluding hydrogens is 384 g/mol. The summed E-state index contributed by atoms with van der Waals surface area (Å²) in [4.78, 5) is 12.4. The smallest absolute Gasteiger partial charge is 0.209 e. The molecule has 2 heterocycles. The van der Waals surface area contributed by atoms with Gasteiger partial charge in [-0.05, 0) is 24.1 Å². The van der Waals surface area contributed by atoms with E-state index in [1.807, 2.05) is 67.6 Å². The first kappa shape index (κ1) is 19.3. The number of sulfonamides is 1. The average molecular weight is 407 g/mol. The van der Waals surface area contributed by atoms with Gasteiger partial charge >= 0.3 is 0 Å². The number of aromatic nitrogens is 3. The lowest BCUT2D eigenvalue weighted by Gasteiger charge is -2.26. The third kappa shape index (κ3) is 4.36. The van der Waals surface area contributed by atoms with Gasteiger partial charge in [-0.15, -0.1) is 0 Å². The Morgan fingerprint density at radius 1 is 1.10 bits per heavy atom. The summed E-state index contributed by atoms with van der Waals surface area (Å²) in [5.74, 6) is 0.690. The molecule has 2 aromatic heterocycles. The molecule has 0 saturated heterocycles. The molecule has 6 nitrogen and oxygen atoms in total. The van der Waals surface area contributed by atoms with Crippen LogP contribution in [0.1, 0.15) is 19.0 Å². The van der Waals surface area contributed by atoms with E-state index < -0.39 is 15.4 Å². The third-order valence-electron chi connectivity index (χ3n) is 4.98. The van der Waals surface area contributed by atoms with Crippen molar-refractivity contribution in [3.8, 4) is 22.6 Å². The summed E-state index contributed by atoms with van der Waals surface area (Å²) in [6.45, 7) is 1.90. The summed E-state index contributed by atoms with van der Waals surface area (Å²) in [5, 5.41) is 5.26. The molecule has 0 radical (unpaired) electrons. The molecule has 3 aromatic rings. The SMILES string of the molecule is CC1(CS(N)(=O)=O)C=CC(c2[nH]c(-c3ccccc3)nc2-c2ccncc2)=CC1. The summed E-state index contributed by atoms with van der Waals surface area (Å²) in [7, 11) is -3.55. The quantitative estimate of drug-likeness (QED) is 0.673. The standard InChI is InChI=1S/C22H22N4O2S/c1-22(15-29(23,27)28)11-7-16(8-12-22)19-20(17-9-13-24-14-10-17)26-21(25-19)18-5-3-2-4-6-18/h2-11,13-14H,12,15H2,1H3,(H,25,26)(H2,23,27,28). The molecule has 0 saturated carbocycles. The van der Waals surface area contributed by atoms with Gasteiger partial charge in [0.2, 0.25) is 10.0 Å². The Labute approximate surface area is 170 Å². The molecule has 1 aromatic carbocycles. The minimum absolute atomic E-state index is 0.0876. The largest absolute Gasteiger partial charge is 0.337 e. The van der Waals surface area contributed by atoms with E-state index in [-0.39, 0.29) is 5.75 Å². The number of aromatic amines is 1. The van der Waals surface area contributed by atoms with Crippen molar-refractivity contribution in [2.75, 3.05) is 5.75 Å². The van der Waals surface area contributed by atoms with Gasteiger partial charge in [0.25, 0.3) is 0 Å². The van der Waals surface area contributed by atoms with Gasteiger partial charge in [0.1, 0.15) is 5.82 Å². The number of pyridine rings is 1. The molecule has 3 N–H and O–H groups in total. The van der Waals surface area contributed by atoms with Crippen molar-refractivity contribution in [2.24, 2.45) is 10.6 Å². The number of primary sulfonamides is 1. The van der Waals surface area contributed by atoms with Crippen molar-refractivity contribution in [1.82, 2.24) is 15.0 Å². The van der Waals surface area contributed by atoms with E-state index in [9.17, 15) is 8.42 Å². The van der Waals surface area contributed by atoms with Gasteiger partial charge in [0, 0.05) is 28.9 Å². The van der Waals surface area contributed by atoms with Crippen LogP contribution in [0, 0.1) is 5.41 Å². The summed E-state index contributed by atoms with van der Waals surface area (Å²) in [5.41, 5.74) is 4.13. The number of hydrogen-bond acceptors (Lipinski definition) is 4. The van der Waals surface area contributed by atoms with Crippen molar-refractivity contribution in [3.05, 3.63) is 78.8 Å². The van der Waals surface area contributed by atoms with E-state index in [0.717, 1.165) is 33.9 Å². The Morgan fingerprint density at radius 3 is 2.45 bits per heavy atom. The summed E-state index contributed by atoms with van der Waals surface area (Å²) in [6, 6.07) is 13.8. The highest BCUT2D eigenvalue weighted by molar-refractivity contribution is 7.89. The Kier molecular flexibility index (Phi) is 4.94. The predicted octanol–water partition coefficient (Wildman–Crippen LogP) is 3.78. The zero-order valence-electron chi connectivity index (χ0n) is 16.0. The van der Waals surface area contributed by atoms with Crippen LogP contribution >= 0.6 is 0 Å². The fourth-order valence-electron chi connectivity index (χ4n) is 3.56. The van der Waals surface area contributed by atoms with Crippen LogP contribution in [-0.4, -0.2) is 29.1 Å². The molecule has 1 aliphatic carbocycles. The number of nitrogens with zero attached hydrogens (tertiary/aromatic N) is 2. The lowest BCUT2D eigenvalue weighted by atomic mass is 9.83. The molecule has 0 spiro atoms. The molecule has 1 aliphatic rings. The number of imidazole rings is 1. The monoisotopic (exact) mass is 406 g/mol. The van der Waals surface area contributed by atoms with E-state index in [4.69, 9.17) is 10.1 Å². The Morgan fingerprint density at radius 2 is 1.83 bits per heavy atom. The molecular formula is C22H22N4O2S. The third-order valence-corrected chi connectivity index (χ3v) is 6.04. The zero-order valence-corrected chi connectivity index (χ0v) is 16.9. The average Bonchev–Trinajstić information content (AvgIpc) is 3.14. The van der Waals surface area contributed by atoms with Crippen molar-refractivity contribution in [3.63, 3.8) is 0 Å². The van der Waals surface area contributed by atoms with Crippen LogP contribution in [0.5, 0.6) is 0 Å². The second-order valence-electron chi connectivity index (χ2n) is 7.57. The lowest BCUT2D eigenvalue weighted by Crippen LogP contribution is -2.30. The number of H-pyrrole nitrogens is 1. The highest BCUT2D eigenvalue weighted by Gasteiger charge is 2.29. The van der Waals surface area contributed by atoms with Crippen molar-refractivity contribution in [2.45, 2.75) is 13.3 Å². The van der Waals surface area contributed by atoms with Gasteiger partial charge in [-0.3, -0.25) is 4.98 Å². The van der Waals surface area contributed by atoms with Crippen LogP contribution in [0.15, 0.2) is 73.1 Å². The molecule has 29 heavy (non-hydrogen) atoms. The molecule has 0 amide bonds. The second-order valence-corrected chi connectivity index (χ2v) is 9.18. The van der Waals surface area contributed by atoms with Crippen LogP contribution in [0.2, 0.25) is 0 Å². The Hall–Kier alpha value is -3.03. The maximum absolute atomic E-state index is 11.6. The van der Waals surface area contributed by atoms with Gasteiger partial charge in [0.15, 0.2) is 0 Å². The van der Waals surface area contributed by atoms with Crippen LogP contribution in [-0.2, 0) is 10.0 Å². The fourth-order valence-corrected chi connectivity index (χ4v) is 4.69. The zero-order chi connectivity index (χ0) is 20.5. The van der Waals surface area contributed by atoms with Crippen molar-refractivity contribution in [1.29, 1.82) is 0 Å². The fraction of sp³-hybridized carbons (Fsp3) is 0.182. The minimum Gasteiger partial charge on any atom is -0.337 e. The Balaban J connectivity index is 1.75. The minimum atomic E-state index is -3.55. The van der Waals surface area contributed by atoms with Gasteiger partial charge in [-0.1, -0.05) is 55.5 Å². The van der Waals surface area contributed by atoms with Gasteiger partial charge in [-0.25, -0.2) is 18.5 Å². The van der Waals surface area contributed by atoms with E-state index in [1.165, 1.54) is 0 Å². The van der Waals surface area contributed by atoms with E-state index in [1.54, 1.807) is 12.4 Å². The van der Waals surface area contributed by atoms with Crippen LogP contribution < -0.4 is 5.14 Å². The molecule has 0 bridgehead atoms. The molecule has 4 rings (SSSR count). The number of nitrogens with two attached hydrogens (primary N) is 1. The van der Waals surface area contributed by atoms with Crippen LogP contribution in [0.4, 0.5) is 0 Å². The van der Waals surface area contributed by atoms with Crippen molar-refractivity contribution >= 4 is 15.6 Å². The maximum atomic E-state index is 11.6. The number of benzene rings is 1. The molecule has 0 aliphatic heterocycles. The first-order chi connectivity index (χ1) is 13.8. The highest BCUT2D eigenvalue weighted by Crippen LogP contribution is 2.37. The molecule has 1 unspecified atom stereocenters. The number of rotatable bonds is 5. The second kappa shape index (κ2) is 7.42. The molecule has 1 atom stereocenters. The van der Waals surface area contributed by atoms with Crippen molar-refractivity contribution < 1.29 is 8.42 Å². The van der Waals surface area contributed by atoms with Crippen LogP contribution in [0.3, 0.4) is 0 Å². The maximum Gasteiger partial charge on any atom is 0.209 e. The topological polar surface area (TPSA) is 102 Å². The van der Waals surface area contributed by atoms with E-state index >= 15 is 0 Å². The molecule has 0 fully saturated rings. The predicted molar refractivity (Wildman–Crippen MR) is 115 cm³/mol. The van der Waals surface area contributed by atoms with Gasteiger partial charge in [-0.2, -0.15) is 0 Å². The number of hydrogen-bond donors (Lipinski definition) is 2. The number of allylic oxidation sites excluding steroid dienone is 4. The van der Waals surface area contributed by atoms with Gasteiger partial charge < -0.3 is 4.98 Å². The molecule has 7 heteroatoms. The summed E-state index contributed by atoms with van der Waals surface area (Å²) < 4.78 is 23.1. The lowest BCUT2D eigenvalue weighted by molar-refractivity contribution is 0.476. The van der Waals surface area contributed by atoms with E-state index in [2.05, 4.69) is 9.97 Å². The van der Waals surface area contributed by atoms with Crippen LogP contribution in [0.25, 0.3) is 28.2 Å². The Bertz CT molecular complexity index is 1180. The molecule has 148 valence electrons. The summed E-state index contributed by atoms with van der Waals surface area (Å²) in [6.07, 6.45) is 9.96. The van der Waals surface area contributed by atoms with Gasteiger partial charge in [0.05, 0.1) is 17.1 Å².